The largest absolute Gasteiger partial charge is 0.378 e. The molecule has 0 unspecified atom stereocenters. The van der Waals surface area contributed by atoms with Crippen molar-refractivity contribution in [3.8, 4) is 0 Å². The van der Waals surface area contributed by atoms with Gasteiger partial charge in [-0.2, -0.15) is 5.10 Å². The van der Waals surface area contributed by atoms with Gasteiger partial charge in [0.15, 0.2) is 0 Å². The number of nitrogens with one attached hydrogen (secondary N) is 1. The molecule has 96 valence electrons. The Hall–Kier alpha value is -1.14. The molecule has 0 atom stereocenters. The van der Waals surface area contributed by atoms with Gasteiger partial charge in [0.1, 0.15) is 4.47 Å². The lowest BCUT2D eigenvalue weighted by molar-refractivity contribution is 0.613. The van der Waals surface area contributed by atoms with E-state index in [0.29, 0.717) is 17.6 Å². The molecular weight excluding hydrogens is 314 g/mol. The normalized spacial score (nSPS) is 10.6. The van der Waals surface area contributed by atoms with Crippen molar-refractivity contribution in [3.63, 3.8) is 0 Å². The molecule has 1 N–H and O–H groups in total. The van der Waals surface area contributed by atoms with Gasteiger partial charge in [0.2, 0.25) is 0 Å². The first-order valence-electron chi connectivity index (χ1n) is 5.66. The Morgan fingerprint density at radius 1 is 1.56 bits per heavy atom. The number of nitrogens with zero attached hydrogens (tertiary/aromatic N) is 2. The van der Waals surface area contributed by atoms with Crippen LogP contribution in [-0.2, 0) is 13.1 Å². The third-order valence-electron chi connectivity index (χ3n) is 2.69. The standard InChI is InChI=1S/C12H14BrN3OS/c1-3-16-12(17)11(13)9(6-15-16)14-7-10-8(2)4-5-18-10/h4-6,14H,3,7H2,1-2H3. The van der Waals surface area contributed by atoms with Crippen LogP contribution in [0.3, 0.4) is 0 Å². The van der Waals surface area contributed by atoms with Crippen LogP contribution in [-0.4, -0.2) is 9.78 Å². The summed E-state index contributed by atoms with van der Waals surface area (Å²) >= 11 is 5.03. The highest BCUT2D eigenvalue weighted by Gasteiger charge is 2.08. The van der Waals surface area contributed by atoms with E-state index in [9.17, 15) is 4.79 Å². The second-order valence-corrected chi connectivity index (χ2v) is 5.67. The molecule has 0 aromatic carbocycles. The smallest absolute Gasteiger partial charge is 0.283 e. The van der Waals surface area contributed by atoms with E-state index < -0.39 is 0 Å². The zero-order chi connectivity index (χ0) is 13.1. The molecule has 2 aromatic rings. The minimum atomic E-state index is -0.106. The van der Waals surface area contributed by atoms with Gasteiger partial charge in [-0.25, -0.2) is 4.68 Å². The van der Waals surface area contributed by atoms with Crippen LogP contribution < -0.4 is 10.9 Å². The highest BCUT2D eigenvalue weighted by atomic mass is 79.9. The van der Waals surface area contributed by atoms with Crippen molar-refractivity contribution in [1.82, 2.24) is 9.78 Å². The molecule has 6 heteroatoms. The fourth-order valence-corrected chi connectivity index (χ4v) is 2.87. The lowest BCUT2D eigenvalue weighted by Gasteiger charge is -2.09. The van der Waals surface area contributed by atoms with Gasteiger partial charge in [-0.05, 0) is 46.8 Å². The maximum atomic E-state index is 11.9. The predicted molar refractivity (Wildman–Crippen MR) is 78.3 cm³/mol. The summed E-state index contributed by atoms with van der Waals surface area (Å²) in [5, 5.41) is 9.40. The van der Waals surface area contributed by atoms with Crippen LogP contribution in [0, 0.1) is 6.92 Å². The van der Waals surface area contributed by atoms with Crippen molar-refractivity contribution >= 4 is 33.0 Å². The molecule has 2 heterocycles. The van der Waals surface area contributed by atoms with E-state index in [1.165, 1.54) is 15.1 Å². The van der Waals surface area contributed by atoms with Crippen LogP contribution in [0.25, 0.3) is 0 Å². The lowest BCUT2D eigenvalue weighted by atomic mass is 10.3. The molecule has 0 spiro atoms. The maximum Gasteiger partial charge on any atom is 0.283 e. The van der Waals surface area contributed by atoms with E-state index in [1.807, 2.05) is 6.92 Å². The fourth-order valence-electron chi connectivity index (χ4n) is 1.57. The van der Waals surface area contributed by atoms with Gasteiger partial charge in [0, 0.05) is 18.0 Å². The number of rotatable bonds is 4. The summed E-state index contributed by atoms with van der Waals surface area (Å²) in [6, 6.07) is 2.09. The van der Waals surface area contributed by atoms with Crippen LogP contribution in [0.4, 0.5) is 5.69 Å². The van der Waals surface area contributed by atoms with Gasteiger partial charge >= 0.3 is 0 Å². The Balaban J connectivity index is 2.18. The number of anilines is 1. The number of hydrogen-bond acceptors (Lipinski definition) is 4. The molecule has 0 amide bonds. The van der Waals surface area contributed by atoms with Gasteiger partial charge in [-0.3, -0.25) is 4.79 Å². The number of thiophene rings is 1. The third-order valence-corrected chi connectivity index (χ3v) is 4.48. The molecule has 0 bridgehead atoms. The van der Waals surface area contributed by atoms with Crippen LogP contribution in [0.15, 0.2) is 26.9 Å². The van der Waals surface area contributed by atoms with Crippen LogP contribution in [0.2, 0.25) is 0 Å². The molecule has 4 nitrogen and oxygen atoms in total. The molecule has 0 aliphatic heterocycles. The molecule has 0 fully saturated rings. The van der Waals surface area contributed by atoms with E-state index in [1.54, 1.807) is 17.5 Å². The first kappa shape index (κ1) is 13.3. The summed E-state index contributed by atoms with van der Waals surface area (Å²) in [4.78, 5) is 13.1. The van der Waals surface area contributed by atoms with Crippen LogP contribution in [0.1, 0.15) is 17.4 Å². The Labute approximate surface area is 118 Å². The highest BCUT2D eigenvalue weighted by molar-refractivity contribution is 9.10. The van der Waals surface area contributed by atoms with Crippen molar-refractivity contribution in [2.24, 2.45) is 0 Å². The quantitative estimate of drug-likeness (QED) is 0.938. The fraction of sp³-hybridized carbons (Fsp3) is 0.333. The average Bonchev–Trinajstić information content (AvgIpc) is 2.77. The lowest BCUT2D eigenvalue weighted by Crippen LogP contribution is -2.23. The van der Waals surface area contributed by atoms with Gasteiger partial charge in [-0.1, -0.05) is 0 Å². The van der Waals surface area contributed by atoms with Crippen molar-refractivity contribution in [2.45, 2.75) is 26.9 Å². The van der Waals surface area contributed by atoms with Crippen molar-refractivity contribution in [1.29, 1.82) is 0 Å². The summed E-state index contributed by atoms with van der Waals surface area (Å²) in [5.74, 6) is 0. The van der Waals surface area contributed by atoms with Crippen molar-refractivity contribution in [3.05, 3.63) is 42.9 Å². The first-order chi connectivity index (χ1) is 8.63. The van der Waals surface area contributed by atoms with Crippen molar-refractivity contribution in [2.75, 3.05) is 5.32 Å². The predicted octanol–water partition coefficient (Wildman–Crippen LogP) is 3.01. The molecule has 2 rings (SSSR count). The Bertz CT molecular complexity index is 606. The second-order valence-electron chi connectivity index (χ2n) is 3.87. The van der Waals surface area contributed by atoms with Gasteiger partial charge in [0.25, 0.3) is 5.56 Å². The molecule has 18 heavy (non-hydrogen) atoms. The molecule has 0 saturated carbocycles. The molecule has 0 radical (unpaired) electrons. The summed E-state index contributed by atoms with van der Waals surface area (Å²) in [6.45, 7) is 5.25. The van der Waals surface area contributed by atoms with Crippen molar-refractivity contribution < 1.29 is 0 Å². The van der Waals surface area contributed by atoms with Crippen LogP contribution >= 0.6 is 27.3 Å². The maximum absolute atomic E-state index is 11.9. The van der Waals surface area contributed by atoms with Gasteiger partial charge < -0.3 is 5.32 Å². The minimum Gasteiger partial charge on any atom is -0.378 e. The Kier molecular flexibility index (Phi) is 4.19. The molecule has 0 aliphatic rings. The Morgan fingerprint density at radius 3 is 2.94 bits per heavy atom. The number of aromatic nitrogens is 2. The van der Waals surface area contributed by atoms with E-state index >= 15 is 0 Å². The van der Waals surface area contributed by atoms with Crippen LogP contribution in [0.5, 0.6) is 0 Å². The number of aryl methyl sites for hydroxylation is 2. The van der Waals surface area contributed by atoms with E-state index in [4.69, 9.17) is 0 Å². The Morgan fingerprint density at radius 2 is 2.33 bits per heavy atom. The SMILES string of the molecule is CCn1ncc(NCc2sccc2C)c(Br)c1=O. The molecule has 0 saturated heterocycles. The van der Waals surface area contributed by atoms with E-state index in [0.717, 1.165) is 5.69 Å². The highest BCUT2D eigenvalue weighted by Crippen LogP contribution is 2.20. The molecular formula is C12H14BrN3OS. The topological polar surface area (TPSA) is 46.9 Å². The zero-order valence-electron chi connectivity index (χ0n) is 10.2. The summed E-state index contributed by atoms with van der Waals surface area (Å²) in [7, 11) is 0. The summed E-state index contributed by atoms with van der Waals surface area (Å²) in [5.41, 5.74) is 1.89. The van der Waals surface area contributed by atoms with Gasteiger partial charge in [-0.15, -0.1) is 11.3 Å². The van der Waals surface area contributed by atoms with Gasteiger partial charge in [0.05, 0.1) is 11.9 Å². The molecule has 2 aromatic heterocycles. The zero-order valence-corrected chi connectivity index (χ0v) is 12.6. The third kappa shape index (κ3) is 2.64. The monoisotopic (exact) mass is 327 g/mol. The number of hydrogen-bond donors (Lipinski definition) is 1. The average molecular weight is 328 g/mol. The van der Waals surface area contributed by atoms with E-state index in [-0.39, 0.29) is 5.56 Å². The minimum absolute atomic E-state index is 0.106. The second kappa shape index (κ2) is 5.67. The van der Waals surface area contributed by atoms with E-state index in [2.05, 4.69) is 44.7 Å². The first-order valence-corrected chi connectivity index (χ1v) is 7.33. The summed E-state index contributed by atoms with van der Waals surface area (Å²) < 4.78 is 1.96. The summed E-state index contributed by atoms with van der Waals surface area (Å²) in [6.07, 6.45) is 1.68. The number of halogens is 1. The molecule has 0 aliphatic carbocycles.